The summed E-state index contributed by atoms with van der Waals surface area (Å²) in [5.41, 5.74) is 1.77. The van der Waals surface area contributed by atoms with E-state index in [4.69, 9.17) is 5.84 Å². The quantitative estimate of drug-likeness (QED) is 0.550. The molecule has 0 amide bonds. The van der Waals surface area contributed by atoms with Gasteiger partial charge >= 0.3 is 0 Å². The van der Waals surface area contributed by atoms with E-state index < -0.39 is 11.6 Å². The number of pyridine rings is 1. The highest BCUT2D eigenvalue weighted by atomic mass is 19.1. The number of hydrogen-bond acceptors (Lipinski definition) is 4. The molecule has 0 aliphatic rings. The van der Waals surface area contributed by atoms with E-state index in [-0.39, 0.29) is 17.2 Å². The van der Waals surface area contributed by atoms with Crippen LogP contribution in [-0.4, -0.2) is 10.5 Å². The van der Waals surface area contributed by atoms with Gasteiger partial charge in [0, 0.05) is 11.6 Å². The third kappa shape index (κ3) is 3.52. The summed E-state index contributed by atoms with van der Waals surface area (Å²) in [6.07, 6.45) is 1.79. The molecule has 0 atom stereocenters. The van der Waals surface area contributed by atoms with Crippen molar-refractivity contribution in [2.75, 3.05) is 10.7 Å². The standard InChI is InChI=1S/C11H18F2N4/c1-4-5-11(2,3)16-9-7(12)6-8(13)10(15-9)17-14/h6H,4-5,14H2,1-3H3,(H2,15,16,17). The van der Waals surface area contributed by atoms with Gasteiger partial charge < -0.3 is 10.7 Å². The molecule has 0 spiro atoms. The van der Waals surface area contributed by atoms with Crippen molar-refractivity contribution < 1.29 is 8.78 Å². The van der Waals surface area contributed by atoms with E-state index in [1.165, 1.54) is 0 Å². The lowest BCUT2D eigenvalue weighted by Gasteiger charge is -2.26. The molecule has 1 aromatic heterocycles. The minimum Gasteiger partial charge on any atom is -0.363 e. The first-order valence-corrected chi connectivity index (χ1v) is 5.50. The molecule has 1 aromatic rings. The van der Waals surface area contributed by atoms with Gasteiger partial charge in [0.2, 0.25) is 0 Å². The van der Waals surface area contributed by atoms with Crippen molar-refractivity contribution in [2.24, 2.45) is 5.84 Å². The second-order valence-electron chi connectivity index (χ2n) is 4.55. The number of nitrogens with one attached hydrogen (secondary N) is 2. The van der Waals surface area contributed by atoms with Crippen LogP contribution in [0.15, 0.2) is 6.07 Å². The lowest BCUT2D eigenvalue weighted by Crippen LogP contribution is -2.31. The zero-order valence-corrected chi connectivity index (χ0v) is 10.3. The molecule has 0 aromatic carbocycles. The smallest absolute Gasteiger partial charge is 0.178 e. The van der Waals surface area contributed by atoms with Crippen molar-refractivity contribution >= 4 is 11.6 Å². The van der Waals surface area contributed by atoms with Gasteiger partial charge in [-0.15, -0.1) is 0 Å². The van der Waals surface area contributed by atoms with Gasteiger partial charge in [-0.25, -0.2) is 19.6 Å². The number of nitrogens with zero attached hydrogens (tertiary/aromatic N) is 1. The summed E-state index contributed by atoms with van der Waals surface area (Å²) in [5, 5.41) is 2.94. The Bertz CT molecular complexity index is 393. The van der Waals surface area contributed by atoms with Crippen molar-refractivity contribution in [3.05, 3.63) is 17.7 Å². The fourth-order valence-electron chi connectivity index (χ4n) is 1.66. The Kier molecular flexibility index (Phi) is 4.22. The highest BCUT2D eigenvalue weighted by molar-refractivity contribution is 5.48. The number of anilines is 2. The van der Waals surface area contributed by atoms with E-state index in [0.717, 1.165) is 18.9 Å². The van der Waals surface area contributed by atoms with Crippen LogP contribution in [-0.2, 0) is 0 Å². The first-order valence-electron chi connectivity index (χ1n) is 5.50. The third-order valence-corrected chi connectivity index (χ3v) is 2.40. The molecule has 0 saturated heterocycles. The molecule has 96 valence electrons. The summed E-state index contributed by atoms with van der Waals surface area (Å²) in [5.74, 6) is 3.36. The maximum atomic E-state index is 13.5. The van der Waals surface area contributed by atoms with Crippen LogP contribution in [0.3, 0.4) is 0 Å². The first-order chi connectivity index (χ1) is 7.89. The topological polar surface area (TPSA) is 63.0 Å². The molecule has 0 unspecified atom stereocenters. The van der Waals surface area contributed by atoms with Gasteiger partial charge in [-0.05, 0) is 20.3 Å². The van der Waals surface area contributed by atoms with E-state index >= 15 is 0 Å². The van der Waals surface area contributed by atoms with Gasteiger partial charge in [0.1, 0.15) is 0 Å². The van der Waals surface area contributed by atoms with Gasteiger partial charge in [0.15, 0.2) is 23.3 Å². The van der Waals surface area contributed by atoms with E-state index in [2.05, 4.69) is 15.7 Å². The lowest BCUT2D eigenvalue weighted by molar-refractivity contribution is 0.499. The minimum absolute atomic E-state index is 0.00204. The van der Waals surface area contributed by atoms with Crippen molar-refractivity contribution in [2.45, 2.75) is 39.2 Å². The van der Waals surface area contributed by atoms with Gasteiger partial charge in [0.05, 0.1) is 0 Å². The van der Waals surface area contributed by atoms with Crippen LogP contribution in [0.1, 0.15) is 33.6 Å². The predicted molar refractivity (Wildman–Crippen MR) is 64.6 cm³/mol. The number of halogens is 2. The van der Waals surface area contributed by atoms with Crippen LogP contribution < -0.4 is 16.6 Å². The van der Waals surface area contributed by atoms with Crippen LogP contribution in [0.25, 0.3) is 0 Å². The predicted octanol–water partition coefficient (Wildman–Crippen LogP) is 2.64. The van der Waals surface area contributed by atoms with Crippen molar-refractivity contribution in [1.82, 2.24) is 4.98 Å². The Balaban J connectivity index is 2.98. The zero-order chi connectivity index (χ0) is 13.1. The van der Waals surface area contributed by atoms with E-state index in [1.54, 1.807) is 0 Å². The average molecular weight is 244 g/mol. The second kappa shape index (κ2) is 5.27. The first kappa shape index (κ1) is 13.6. The molecular weight excluding hydrogens is 226 g/mol. The van der Waals surface area contributed by atoms with Crippen molar-refractivity contribution in [3.63, 3.8) is 0 Å². The minimum atomic E-state index is -0.816. The number of aromatic nitrogens is 1. The largest absolute Gasteiger partial charge is 0.363 e. The van der Waals surface area contributed by atoms with Crippen LogP contribution >= 0.6 is 0 Å². The highest BCUT2D eigenvalue weighted by Crippen LogP contribution is 2.23. The number of hydrogen-bond donors (Lipinski definition) is 3. The van der Waals surface area contributed by atoms with Crippen LogP contribution in [0.4, 0.5) is 20.4 Å². The second-order valence-corrected chi connectivity index (χ2v) is 4.55. The molecule has 4 nitrogen and oxygen atoms in total. The Morgan fingerprint density at radius 2 is 1.88 bits per heavy atom. The summed E-state index contributed by atoms with van der Waals surface area (Å²) >= 11 is 0. The molecule has 0 aliphatic heterocycles. The molecule has 0 bridgehead atoms. The Hall–Kier alpha value is -1.43. The highest BCUT2D eigenvalue weighted by Gasteiger charge is 2.20. The van der Waals surface area contributed by atoms with E-state index in [9.17, 15) is 8.78 Å². The molecule has 1 rings (SSSR count). The maximum Gasteiger partial charge on any atom is 0.178 e. The van der Waals surface area contributed by atoms with Crippen molar-refractivity contribution in [3.8, 4) is 0 Å². The number of rotatable bonds is 5. The van der Waals surface area contributed by atoms with Crippen molar-refractivity contribution in [1.29, 1.82) is 0 Å². The number of hydrazine groups is 1. The van der Waals surface area contributed by atoms with E-state index in [0.29, 0.717) is 0 Å². The van der Waals surface area contributed by atoms with Gasteiger partial charge in [-0.3, -0.25) is 0 Å². The molecular formula is C11H18F2N4. The van der Waals surface area contributed by atoms with Gasteiger partial charge in [0.25, 0.3) is 0 Å². The fourth-order valence-corrected chi connectivity index (χ4v) is 1.66. The lowest BCUT2D eigenvalue weighted by atomic mass is 9.99. The Morgan fingerprint density at radius 1 is 1.29 bits per heavy atom. The van der Waals surface area contributed by atoms with Gasteiger partial charge in [-0.1, -0.05) is 13.3 Å². The van der Waals surface area contributed by atoms with Gasteiger partial charge in [-0.2, -0.15) is 0 Å². The molecule has 6 heteroatoms. The summed E-state index contributed by atoms with van der Waals surface area (Å²) in [6, 6.07) is 0.757. The summed E-state index contributed by atoms with van der Waals surface area (Å²) in [6.45, 7) is 5.89. The summed E-state index contributed by atoms with van der Waals surface area (Å²) in [7, 11) is 0. The van der Waals surface area contributed by atoms with Crippen LogP contribution in [0.5, 0.6) is 0 Å². The molecule has 17 heavy (non-hydrogen) atoms. The van der Waals surface area contributed by atoms with E-state index in [1.807, 2.05) is 20.8 Å². The SMILES string of the molecule is CCCC(C)(C)Nc1nc(NN)c(F)cc1F. The molecule has 1 heterocycles. The Morgan fingerprint density at radius 3 is 2.41 bits per heavy atom. The molecule has 0 radical (unpaired) electrons. The molecule has 0 saturated carbocycles. The summed E-state index contributed by atoms with van der Waals surface area (Å²) < 4.78 is 26.6. The number of nitrogens with two attached hydrogens (primary N) is 1. The number of nitrogen functional groups attached to an aromatic ring is 1. The van der Waals surface area contributed by atoms with Crippen LogP contribution in [0, 0.1) is 11.6 Å². The molecule has 4 N–H and O–H groups in total. The average Bonchev–Trinajstić information content (AvgIpc) is 2.21. The normalized spacial score (nSPS) is 11.4. The monoisotopic (exact) mass is 244 g/mol. The molecule has 0 fully saturated rings. The van der Waals surface area contributed by atoms with Crippen LogP contribution in [0.2, 0.25) is 0 Å². The molecule has 0 aliphatic carbocycles. The maximum absolute atomic E-state index is 13.5. The zero-order valence-electron chi connectivity index (χ0n) is 10.3. The Labute approximate surface area is 99.6 Å². The third-order valence-electron chi connectivity index (χ3n) is 2.40. The fraction of sp³-hybridized carbons (Fsp3) is 0.545. The summed E-state index contributed by atoms with van der Waals surface area (Å²) in [4.78, 5) is 3.76.